The Balaban J connectivity index is 4.32. The van der Waals surface area contributed by atoms with Crippen LogP contribution in [0.2, 0.25) is 0 Å². The average molecular weight is 331 g/mol. The number of ether oxygens (including phenoxy) is 3. The van der Waals surface area contributed by atoms with Gasteiger partial charge >= 0.3 is 0 Å². The van der Waals surface area contributed by atoms with Crippen LogP contribution in [-0.4, -0.2) is 38.1 Å². The molecule has 0 spiro atoms. The van der Waals surface area contributed by atoms with Crippen LogP contribution in [0.3, 0.4) is 0 Å². The molecule has 0 aromatic heterocycles. The molecule has 0 rings (SSSR count). The van der Waals surface area contributed by atoms with Crippen molar-refractivity contribution in [2.45, 2.75) is 104 Å². The molecule has 0 aliphatic heterocycles. The molecular formula is C20H42O3. The fraction of sp³-hybridized carbons (Fsp3) is 1.00. The lowest BCUT2D eigenvalue weighted by atomic mass is 9.94. The highest BCUT2D eigenvalue weighted by atomic mass is 16.6. The van der Waals surface area contributed by atoms with Gasteiger partial charge in [-0.05, 0) is 32.6 Å². The van der Waals surface area contributed by atoms with Crippen LogP contribution in [0.1, 0.15) is 92.4 Å². The summed E-state index contributed by atoms with van der Waals surface area (Å²) in [5.74, 6) is 0. The van der Waals surface area contributed by atoms with Gasteiger partial charge in [-0.15, -0.1) is 0 Å². The Morgan fingerprint density at radius 2 is 1.39 bits per heavy atom. The van der Waals surface area contributed by atoms with E-state index in [0.717, 1.165) is 45.5 Å². The van der Waals surface area contributed by atoms with Crippen molar-refractivity contribution < 1.29 is 14.2 Å². The number of hydrogen-bond acceptors (Lipinski definition) is 3. The Morgan fingerprint density at radius 1 is 0.739 bits per heavy atom. The van der Waals surface area contributed by atoms with Gasteiger partial charge in [-0.3, -0.25) is 0 Å². The van der Waals surface area contributed by atoms with Gasteiger partial charge in [0.1, 0.15) is 5.60 Å². The first-order valence-corrected chi connectivity index (χ1v) is 10.00. The van der Waals surface area contributed by atoms with Gasteiger partial charge in [0.2, 0.25) is 0 Å². The largest absolute Gasteiger partial charge is 0.378 e. The van der Waals surface area contributed by atoms with E-state index in [9.17, 15) is 0 Å². The van der Waals surface area contributed by atoms with Gasteiger partial charge in [-0.2, -0.15) is 0 Å². The zero-order valence-electron chi connectivity index (χ0n) is 16.5. The minimum Gasteiger partial charge on any atom is -0.378 e. The summed E-state index contributed by atoms with van der Waals surface area (Å²) in [4.78, 5) is 0. The van der Waals surface area contributed by atoms with Crippen LogP contribution in [0, 0.1) is 0 Å². The van der Waals surface area contributed by atoms with Crippen molar-refractivity contribution in [1.82, 2.24) is 0 Å². The van der Waals surface area contributed by atoms with Gasteiger partial charge in [-0.25, -0.2) is 0 Å². The maximum atomic E-state index is 6.34. The molecular weight excluding hydrogens is 288 g/mol. The normalized spacial score (nSPS) is 15.5. The summed E-state index contributed by atoms with van der Waals surface area (Å²) in [6.45, 7) is 13.9. The molecule has 0 N–H and O–H groups in total. The number of hydrogen-bond donors (Lipinski definition) is 0. The van der Waals surface area contributed by atoms with Gasteiger partial charge < -0.3 is 14.2 Å². The zero-order chi connectivity index (χ0) is 17.4. The third kappa shape index (κ3) is 10.4. The highest BCUT2D eigenvalue weighted by molar-refractivity contribution is 4.86. The van der Waals surface area contributed by atoms with Crippen LogP contribution in [0.25, 0.3) is 0 Å². The molecule has 0 aromatic carbocycles. The summed E-state index contributed by atoms with van der Waals surface area (Å²) in [5, 5.41) is 0. The standard InChI is InChI=1S/C20H42O3/c1-6-10-11-12-13-14-17-23-20(9-4,18-21-15-7-2)19(5)22-16-8-3/h19H,6-18H2,1-5H3. The molecule has 2 atom stereocenters. The Kier molecular flexibility index (Phi) is 15.3. The molecule has 0 saturated carbocycles. The highest BCUT2D eigenvalue weighted by Gasteiger charge is 2.36. The smallest absolute Gasteiger partial charge is 0.117 e. The molecule has 0 radical (unpaired) electrons. The maximum absolute atomic E-state index is 6.34. The lowest BCUT2D eigenvalue weighted by molar-refractivity contribution is -0.173. The van der Waals surface area contributed by atoms with E-state index >= 15 is 0 Å². The Hall–Kier alpha value is -0.120. The molecule has 0 saturated heterocycles. The summed E-state index contributed by atoms with van der Waals surface area (Å²) in [7, 11) is 0. The van der Waals surface area contributed by atoms with Crippen molar-refractivity contribution in [2.75, 3.05) is 26.4 Å². The van der Waals surface area contributed by atoms with Crippen molar-refractivity contribution in [1.29, 1.82) is 0 Å². The van der Waals surface area contributed by atoms with Crippen LogP contribution < -0.4 is 0 Å². The molecule has 0 aliphatic carbocycles. The average Bonchev–Trinajstić information content (AvgIpc) is 2.57. The fourth-order valence-corrected chi connectivity index (χ4v) is 2.76. The molecule has 3 nitrogen and oxygen atoms in total. The lowest BCUT2D eigenvalue weighted by Crippen LogP contribution is -2.49. The minimum absolute atomic E-state index is 0.0735. The molecule has 23 heavy (non-hydrogen) atoms. The van der Waals surface area contributed by atoms with Crippen LogP contribution >= 0.6 is 0 Å². The molecule has 0 amide bonds. The van der Waals surface area contributed by atoms with Crippen molar-refractivity contribution in [3.05, 3.63) is 0 Å². The van der Waals surface area contributed by atoms with Crippen LogP contribution in [-0.2, 0) is 14.2 Å². The van der Waals surface area contributed by atoms with Crippen LogP contribution in [0.4, 0.5) is 0 Å². The van der Waals surface area contributed by atoms with Crippen molar-refractivity contribution in [3.63, 3.8) is 0 Å². The third-order valence-corrected chi connectivity index (χ3v) is 4.49. The first kappa shape index (κ1) is 22.9. The van der Waals surface area contributed by atoms with Crippen molar-refractivity contribution in [2.24, 2.45) is 0 Å². The monoisotopic (exact) mass is 330 g/mol. The Morgan fingerprint density at radius 3 is 2.00 bits per heavy atom. The summed E-state index contributed by atoms with van der Waals surface area (Å²) < 4.78 is 18.2. The van der Waals surface area contributed by atoms with E-state index in [2.05, 4.69) is 34.6 Å². The zero-order valence-corrected chi connectivity index (χ0v) is 16.5. The van der Waals surface area contributed by atoms with Gasteiger partial charge in [0.15, 0.2) is 0 Å². The molecule has 2 unspecified atom stereocenters. The molecule has 140 valence electrons. The second-order valence-corrected chi connectivity index (χ2v) is 6.60. The second-order valence-electron chi connectivity index (χ2n) is 6.60. The summed E-state index contributed by atoms with van der Waals surface area (Å²) in [5.41, 5.74) is -0.298. The number of unbranched alkanes of at least 4 members (excludes halogenated alkanes) is 5. The topological polar surface area (TPSA) is 27.7 Å². The van der Waals surface area contributed by atoms with E-state index in [-0.39, 0.29) is 11.7 Å². The molecule has 0 heterocycles. The van der Waals surface area contributed by atoms with Crippen LogP contribution in [0.5, 0.6) is 0 Å². The lowest BCUT2D eigenvalue weighted by Gasteiger charge is -2.38. The predicted octanol–water partition coefficient (Wildman–Crippen LogP) is 5.75. The van der Waals surface area contributed by atoms with E-state index in [4.69, 9.17) is 14.2 Å². The molecule has 0 fully saturated rings. The summed E-state index contributed by atoms with van der Waals surface area (Å²) >= 11 is 0. The number of rotatable bonds is 17. The Bertz CT molecular complexity index is 245. The minimum atomic E-state index is -0.298. The highest BCUT2D eigenvalue weighted by Crippen LogP contribution is 2.25. The first-order chi connectivity index (χ1) is 11.2. The molecule has 3 heteroatoms. The Labute approximate surface area is 145 Å². The summed E-state index contributed by atoms with van der Waals surface area (Å²) in [6, 6.07) is 0. The van der Waals surface area contributed by atoms with E-state index in [0.29, 0.717) is 6.61 Å². The van der Waals surface area contributed by atoms with E-state index in [1.165, 1.54) is 32.1 Å². The first-order valence-electron chi connectivity index (χ1n) is 10.00. The van der Waals surface area contributed by atoms with Gasteiger partial charge in [-0.1, -0.05) is 59.8 Å². The van der Waals surface area contributed by atoms with E-state index in [1.807, 2.05) is 0 Å². The maximum Gasteiger partial charge on any atom is 0.117 e. The van der Waals surface area contributed by atoms with Gasteiger partial charge in [0, 0.05) is 19.8 Å². The second kappa shape index (κ2) is 15.4. The molecule has 0 aliphatic rings. The van der Waals surface area contributed by atoms with Crippen molar-refractivity contribution in [3.8, 4) is 0 Å². The predicted molar refractivity (Wildman–Crippen MR) is 99.2 cm³/mol. The SMILES string of the molecule is CCCCCCCCOC(CC)(COCCC)C(C)OCCC. The van der Waals surface area contributed by atoms with Crippen LogP contribution in [0.15, 0.2) is 0 Å². The summed E-state index contributed by atoms with van der Waals surface area (Å²) in [6.07, 6.45) is 10.8. The molecule has 0 aromatic rings. The molecule has 0 bridgehead atoms. The van der Waals surface area contributed by atoms with Gasteiger partial charge in [0.05, 0.1) is 12.7 Å². The van der Waals surface area contributed by atoms with Crippen molar-refractivity contribution >= 4 is 0 Å². The van der Waals surface area contributed by atoms with E-state index < -0.39 is 0 Å². The fourth-order valence-electron chi connectivity index (χ4n) is 2.76. The van der Waals surface area contributed by atoms with Gasteiger partial charge in [0.25, 0.3) is 0 Å². The quantitative estimate of drug-likeness (QED) is 0.318. The third-order valence-electron chi connectivity index (χ3n) is 4.49. The van der Waals surface area contributed by atoms with E-state index in [1.54, 1.807) is 0 Å².